The molecule has 0 saturated heterocycles. The van der Waals surface area contributed by atoms with E-state index in [0.29, 0.717) is 11.0 Å². The Morgan fingerprint density at radius 2 is 1.91 bits per heavy atom. The molecule has 2 nitrogen and oxygen atoms in total. The van der Waals surface area contributed by atoms with Crippen molar-refractivity contribution in [3.8, 4) is 0 Å². The summed E-state index contributed by atoms with van der Waals surface area (Å²) in [6.45, 7) is 0.0456. The van der Waals surface area contributed by atoms with Gasteiger partial charge in [0, 0.05) is 5.56 Å². The molecule has 54 valence electrons. The molecule has 0 aliphatic heterocycles. The Balaban J connectivity index is 2.90. The largest absolute Gasteiger partial charge is 0.324 e. The van der Waals surface area contributed by atoms with E-state index in [-0.39, 0.29) is 12.3 Å². The van der Waals surface area contributed by atoms with Gasteiger partial charge in [-0.05, 0) is 0 Å². The number of carbonyl (C=O) groups is 1. The Morgan fingerprint density at radius 1 is 1.36 bits per heavy atom. The minimum absolute atomic E-state index is 0.0456. The topological polar surface area (TPSA) is 43.1 Å². The van der Waals surface area contributed by atoms with Crippen LogP contribution < -0.4 is 11.2 Å². The lowest BCUT2D eigenvalue weighted by atomic mass is 9.95. The summed E-state index contributed by atoms with van der Waals surface area (Å²) in [6, 6.07) is 6.71. The maximum atomic E-state index is 11.0. The van der Waals surface area contributed by atoms with Gasteiger partial charge < -0.3 is 5.73 Å². The van der Waals surface area contributed by atoms with Crippen molar-refractivity contribution in [2.45, 2.75) is 0 Å². The molecule has 0 aromatic heterocycles. The van der Waals surface area contributed by atoms with E-state index in [9.17, 15) is 4.79 Å². The second kappa shape index (κ2) is 3.35. The highest BCUT2D eigenvalue weighted by atomic mass is 16.1. The van der Waals surface area contributed by atoms with E-state index < -0.39 is 0 Å². The van der Waals surface area contributed by atoms with Gasteiger partial charge in [0.05, 0.1) is 6.54 Å². The van der Waals surface area contributed by atoms with Crippen LogP contribution in [0.3, 0.4) is 0 Å². The molecule has 0 aliphatic rings. The fourth-order valence-electron chi connectivity index (χ4n) is 0.787. The normalized spacial score (nSPS) is 9.55. The van der Waals surface area contributed by atoms with Crippen molar-refractivity contribution in [3.63, 3.8) is 0 Å². The fourth-order valence-corrected chi connectivity index (χ4v) is 0.787. The van der Waals surface area contributed by atoms with E-state index in [1.54, 1.807) is 24.3 Å². The lowest BCUT2D eigenvalue weighted by Gasteiger charge is -1.97. The van der Waals surface area contributed by atoms with Gasteiger partial charge in [0.1, 0.15) is 7.85 Å². The summed E-state index contributed by atoms with van der Waals surface area (Å²) >= 11 is 0. The monoisotopic (exact) mass is 145 g/mol. The summed E-state index contributed by atoms with van der Waals surface area (Å²) in [7, 11) is 5.43. The quantitative estimate of drug-likeness (QED) is 0.455. The van der Waals surface area contributed by atoms with Gasteiger partial charge in [0.25, 0.3) is 0 Å². The molecule has 1 rings (SSSR count). The van der Waals surface area contributed by atoms with Crippen molar-refractivity contribution in [3.05, 3.63) is 29.8 Å². The molecule has 1 aromatic rings. The van der Waals surface area contributed by atoms with Gasteiger partial charge in [0.2, 0.25) is 0 Å². The predicted molar refractivity (Wildman–Crippen MR) is 45.2 cm³/mol. The first-order chi connectivity index (χ1) is 5.24. The zero-order valence-electron chi connectivity index (χ0n) is 6.08. The zero-order chi connectivity index (χ0) is 8.27. The van der Waals surface area contributed by atoms with Crippen LogP contribution in [0.5, 0.6) is 0 Å². The number of nitrogens with two attached hydrogens (primary N) is 1. The Morgan fingerprint density at radius 3 is 2.36 bits per heavy atom. The van der Waals surface area contributed by atoms with E-state index in [0.717, 1.165) is 0 Å². The summed E-state index contributed by atoms with van der Waals surface area (Å²) < 4.78 is 0. The van der Waals surface area contributed by atoms with Crippen LogP contribution in [0.2, 0.25) is 0 Å². The van der Waals surface area contributed by atoms with Crippen LogP contribution in [0, 0.1) is 0 Å². The van der Waals surface area contributed by atoms with Gasteiger partial charge in [-0.1, -0.05) is 29.7 Å². The van der Waals surface area contributed by atoms with E-state index in [1.165, 1.54) is 0 Å². The maximum Gasteiger partial charge on any atom is 0.176 e. The van der Waals surface area contributed by atoms with Gasteiger partial charge in [-0.15, -0.1) is 0 Å². The Labute approximate surface area is 66.8 Å². The molecule has 0 spiro atoms. The maximum absolute atomic E-state index is 11.0. The first-order valence-corrected chi connectivity index (χ1v) is 3.33. The van der Waals surface area contributed by atoms with Gasteiger partial charge in [-0.25, -0.2) is 0 Å². The molecule has 0 amide bonds. The molecule has 3 heteroatoms. The molecular weight excluding hydrogens is 137 g/mol. The lowest BCUT2D eigenvalue weighted by Crippen LogP contribution is -2.14. The van der Waals surface area contributed by atoms with Gasteiger partial charge in [0.15, 0.2) is 5.78 Å². The third-order valence-corrected chi connectivity index (χ3v) is 1.42. The van der Waals surface area contributed by atoms with Gasteiger partial charge in [-0.2, -0.15) is 0 Å². The van der Waals surface area contributed by atoms with Crippen molar-refractivity contribution in [2.24, 2.45) is 5.73 Å². The molecule has 1 aromatic carbocycles. The second-order valence-electron chi connectivity index (χ2n) is 2.25. The Hall–Kier alpha value is -1.09. The molecular formula is C8H8BNO. The van der Waals surface area contributed by atoms with Crippen molar-refractivity contribution in [1.29, 1.82) is 0 Å². The second-order valence-corrected chi connectivity index (χ2v) is 2.25. The number of hydrogen-bond donors (Lipinski definition) is 1. The Kier molecular flexibility index (Phi) is 2.44. The highest BCUT2D eigenvalue weighted by Gasteiger charge is 2.00. The molecule has 0 unspecified atom stereocenters. The summed E-state index contributed by atoms with van der Waals surface area (Å²) in [5.74, 6) is -0.0648. The van der Waals surface area contributed by atoms with E-state index in [4.69, 9.17) is 13.6 Å². The van der Waals surface area contributed by atoms with Crippen molar-refractivity contribution >= 4 is 19.1 Å². The molecule has 2 N–H and O–H groups in total. The number of rotatable bonds is 2. The van der Waals surface area contributed by atoms with Crippen LogP contribution in [-0.4, -0.2) is 20.2 Å². The fraction of sp³-hybridized carbons (Fsp3) is 0.125. The van der Waals surface area contributed by atoms with Crippen LogP contribution in [0.1, 0.15) is 10.4 Å². The third-order valence-electron chi connectivity index (χ3n) is 1.42. The number of Topliss-reactive ketones (excluding diaryl/α,β-unsaturated/α-hetero) is 1. The van der Waals surface area contributed by atoms with Gasteiger partial charge in [-0.3, -0.25) is 4.79 Å². The highest BCUT2D eigenvalue weighted by Crippen LogP contribution is 1.96. The average Bonchev–Trinajstić information content (AvgIpc) is 2.05. The van der Waals surface area contributed by atoms with Crippen LogP contribution in [-0.2, 0) is 0 Å². The van der Waals surface area contributed by atoms with E-state index in [2.05, 4.69) is 0 Å². The summed E-state index contributed by atoms with van der Waals surface area (Å²) in [4.78, 5) is 11.0. The third kappa shape index (κ3) is 1.92. The van der Waals surface area contributed by atoms with Crippen LogP contribution in [0.4, 0.5) is 0 Å². The van der Waals surface area contributed by atoms with Crippen molar-refractivity contribution < 1.29 is 4.79 Å². The highest BCUT2D eigenvalue weighted by molar-refractivity contribution is 6.32. The van der Waals surface area contributed by atoms with E-state index >= 15 is 0 Å². The first kappa shape index (κ1) is 8.02. The standard InChI is InChI=1S/C8H8BNO/c9-7-3-1-6(2-4-7)8(11)5-10/h1-4H,5,10H2. The van der Waals surface area contributed by atoms with E-state index in [1.807, 2.05) is 0 Å². The SMILES string of the molecule is [B]c1ccc(C(=O)CN)cc1. The average molecular weight is 145 g/mol. The number of carbonyl (C=O) groups excluding carboxylic acids is 1. The predicted octanol–water partition coefficient (Wildman–Crippen LogP) is -0.378. The molecule has 2 radical (unpaired) electrons. The summed E-state index contributed by atoms with van der Waals surface area (Å²) in [6.07, 6.45) is 0. The number of hydrogen-bond acceptors (Lipinski definition) is 2. The minimum Gasteiger partial charge on any atom is -0.324 e. The molecule has 0 fully saturated rings. The summed E-state index contributed by atoms with van der Waals surface area (Å²) in [5, 5.41) is 0. The van der Waals surface area contributed by atoms with Gasteiger partial charge >= 0.3 is 0 Å². The van der Waals surface area contributed by atoms with Crippen molar-refractivity contribution in [1.82, 2.24) is 0 Å². The van der Waals surface area contributed by atoms with Crippen LogP contribution in [0.15, 0.2) is 24.3 Å². The molecule has 0 heterocycles. The molecule has 0 saturated carbocycles. The first-order valence-electron chi connectivity index (χ1n) is 3.33. The molecule has 0 bridgehead atoms. The number of ketones is 1. The zero-order valence-corrected chi connectivity index (χ0v) is 6.08. The lowest BCUT2D eigenvalue weighted by molar-refractivity contribution is 0.100. The van der Waals surface area contributed by atoms with Crippen molar-refractivity contribution in [2.75, 3.05) is 6.54 Å². The van der Waals surface area contributed by atoms with Crippen LogP contribution in [0.25, 0.3) is 0 Å². The minimum atomic E-state index is -0.0648. The molecule has 0 atom stereocenters. The molecule has 0 aliphatic carbocycles. The number of benzene rings is 1. The van der Waals surface area contributed by atoms with Crippen LogP contribution >= 0.6 is 0 Å². The molecule has 11 heavy (non-hydrogen) atoms. The Bertz CT molecular complexity index is 255. The smallest absolute Gasteiger partial charge is 0.176 e. The summed E-state index contributed by atoms with van der Waals surface area (Å²) in [5.41, 5.74) is 6.43.